The molecule has 0 saturated carbocycles. The maximum absolute atomic E-state index is 12.6. The Hall–Kier alpha value is -2.69. The Morgan fingerprint density at radius 1 is 1.09 bits per heavy atom. The third-order valence-electron chi connectivity index (χ3n) is 2.63. The number of anilines is 1. The highest BCUT2D eigenvalue weighted by atomic mass is 32.2. The van der Waals surface area contributed by atoms with E-state index in [0.29, 0.717) is 6.07 Å². The van der Waals surface area contributed by atoms with Gasteiger partial charge in [-0.25, -0.2) is 13.4 Å². The Morgan fingerprint density at radius 2 is 1.74 bits per heavy atom. The van der Waals surface area contributed by atoms with Gasteiger partial charge in [0, 0.05) is 6.07 Å². The zero-order chi connectivity index (χ0) is 17.3. The number of alkyl halides is 3. The summed E-state index contributed by atoms with van der Waals surface area (Å²) in [5.74, 6) is -0.599. The van der Waals surface area contributed by atoms with Crippen molar-refractivity contribution in [2.45, 2.75) is 11.1 Å². The van der Waals surface area contributed by atoms with Crippen LogP contribution in [0.4, 0.5) is 24.7 Å². The van der Waals surface area contributed by atoms with Gasteiger partial charge in [-0.2, -0.15) is 13.2 Å². The minimum Gasteiger partial charge on any atom is -0.263 e. The van der Waals surface area contributed by atoms with Gasteiger partial charge < -0.3 is 0 Å². The maximum atomic E-state index is 12.6. The van der Waals surface area contributed by atoms with E-state index in [1.54, 1.807) is 4.72 Å². The highest BCUT2D eigenvalue weighted by Gasteiger charge is 2.33. The molecule has 2 rings (SSSR count). The number of nitro groups is 1. The number of nitrogens with one attached hydrogen (secondary N) is 1. The van der Waals surface area contributed by atoms with E-state index >= 15 is 0 Å². The van der Waals surface area contributed by atoms with Crippen LogP contribution in [0, 0.1) is 10.1 Å². The third kappa shape index (κ3) is 3.74. The number of nitrogens with zero attached hydrogens (tertiary/aromatic N) is 2. The number of halogens is 3. The van der Waals surface area contributed by atoms with Gasteiger partial charge in [0.1, 0.15) is 11.5 Å². The van der Waals surface area contributed by atoms with Crippen LogP contribution in [0.25, 0.3) is 0 Å². The average molecular weight is 347 g/mol. The molecule has 0 fully saturated rings. The Labute approximate surface area is 128 Å². The van der Waals surface area contributed by atoms with Crippen molar-refractivity contribution in [1.29, 1.82) is 0 Å². The lowest BCUT2D eigenvalue weighted by Crippen LogP contribution is -2.17. The van der Waals surface area contributed by atoms with Crippen LogP contribution in [-0.4, -0.2) is 18.3 Å². The number of sulfonamides is 1. The first-order valence-corrected chi connectivity index (χ1v) is 7.40. The fraction of sp³-hybridized carbons (Fsp3) is 0.0833. The molecular formula is C12H8F3N3O4S. The number of pyridine rings is 1. The first-order valence-electron chi connectivity index (χ1n) is 5.92. The molecule has 0 spiro atoms. The van der Waals surface area contributed by atoms with E-state index in [9.17, 15) is 31.7 Å². The Kier molecular flexibility index (Phi) is 4.23. The van der Waals surface area contributed by atoms with Crippen LogP contribution >= 0.6 is 0 Å². The summed E-state index contributed by atoms with van der Waals surface area (Å²) in [5.41, 5.74) is -1.99. The number of nitro benzene ring substituents is 1. The molecule has 0 atom stereocenters. The van der Waals surface area contributed by atoms with Gasteiger partial charge >= 0.3 is 6.18 Å². The molecule has 0 unspecified atom stereocenters. The third-order valence-corrected chi connectivity index (χ3v) is 4.03. The standard InChI is InChI=1S/C12H8F3N3O4S/c13-12(14,15)10-6-3-7-11(16-10)17-23(21,22)9-5-2-1-4-8(9)18(19)20/h1-7H,(H,16,17). The van der Waals surface area contributed by atoms with Crippen LogP contribution in [0.1, 0.15) is 5.69 Å². The Morgan fingerprint density at radius 3 is 2.35 bits per heavy atom. The fourth-order valence-corrected chi connectivity index (χ4v) is 2.85. The summed E-state index contributed by atoms with van der Waals surface area (Å²) in [4.78, 5) is 12.4. The summed E-state index contributed by atoms with van der Waals surface area (Å²) in [6, 6.07) is 7.08. The van der Waals surface area contributed by atoms with Crippen molar-refractivity contribution in [3.8, 4) is 0 Å². The van der Waals surface area contributed by atoms with Crippen LogP contribution in [0.2, 0.25) is 0 Å². The maximum Gasteiger partial charge on any atom is 0.433 e. The summed E-state index contributed by atoms with van der Waals surface area (Å²) in [7, 11) is -4.47. The van der Waals surface area contributed by atoms with Crippen LogP contribution < -0.4 is 4.72 Å². The van der Waals surface area contributed by atoms with Gasteiger partial charge in [-0.3, -0.25) is 14.8 Å². The number of benzene rings is 1. The molecule has 0 aliphatic carbocycles. The molecule has 122 valence electrons. The smallest absolute Gasteiger partial charge is 0.263 e. The number of aromatic nitrogens is 1. The molecule has 1 heterocycles. The lowest BCUT2D eigenvalue weighted by Gasteiger charge is -2.10. The number of hydrogen-bond donors (Lipinski definition) is 1. The molecule has 7 nitrogen and oxygen atoms in total. The molecule has 1 aromatic carbocycles. The molecule has 2 aromatic rings. The minimum absolute atomic E-state index is 0.599. The zero-order valence-electron chi connectivity index (χ0n) is 11.1. The van der Waals surface area contributed by atoms with E-state index in [4.69, 9.17) is 0 Å². The van der Waals surface area contributed by atoms with Crippen molar-refractivity contribution in [1.82, 2.24) is 4.98 Å². The van der Waals surface area contributed by atoms with E-state index in [1.807, 2.05) is 0 Å². The molecule has 11 heteroatoms. The van der Waals surface area contributed by atoms with E-state index < -0.39 is 43.2 Å². The van der Waals surface area contributed by atoms with E-state index in [-0.39, 0.29) is 0 Å². The molecule has 0 aliphatic rings. The van der Waals surface area contributed by atoms with Gasteiger partial charge in [-0.05, 0) is 18.2 Å². The van der Waals surface area contributed by atoms with Crippen molar-refractivity contribution < 1.29 is 26.5 Å². The average Bonchev–Trinajstić information content (AvgIpc) is 2.46. The zero-order valence-corrected chi connectivity index (χ0v) is 11.9. The monoisotopic (exact) mass is 347 g/mol. The molecule has 0 bridgehead atoms. The SMILES string of the molecule is O=[N+]([O-])c1ccccc1S(=O)(=O)Nc1cccc(C(F)(F)F)n1. The normalized spacial score (nSPS) is 12.0. The number of hydrogen-bond acceptors (Lipinski definition) is 5. The molecule has 1 aromatic heterocycles. The summed E-state index contributed by atoms with van der Waals surface area (Å²) in [6.45, 7) is 0. The highest BCUT2D eigenvalue weighted by molar-refractivity contribution is 7.92. The molecular weight excluding hydrogens is 339 g/mol. The van der Waals surface area contributed by atoms with Crippen molar-refractivity contribution in [2.75, 3.05) is 4.72 Å². The van der Waals surface area contributed by atoms with Crippen molar-refractivity contribution in [3.05, 3.63) is 58.3 Å². The molecule has 0 aliphatic heterocycles. The first-order chi connectivity index (χ1) is 10.6. The van der Waals surface area contributed by atoms with Gasteiger partial charge in [0.25, 0.3) is 15.7 Å². The van der Waals surface area contributed by atoms with Gasteiger partial charge in [0.2, 0.25) is 0 Å². The molecule has 0 amide bonds. The summed E-state index contributed by atoms with van der Waals surface area (Å²) >= 11 is 0. The van der Waals surface area contributed by atoms with E-state index in [2.05, 4.69) is 4.98 Å². The van der Waals surface area contributed by atoms with Crippen LogP contribution in [-0.2, 0) is 16.2 Å². The van der Waals surface area contributed by atoms with E-state index in [1.165, 1.54) is 12.1 Å². The quantitative estimate of drug-likeness (QED) is 0.677. The van der Waals surface area contributed by atoms with Crippen molar-refractivity contribution >= 4 is 21.5 Å². The van der Waals surface area contributed by atoms with Crippen LogP contribution in [0.5, 0.6) is 0 Å². The second-order valence-corrected chi connectivity index (χ2v) is 5.89. The van der Waals surface area contributed by atoms with E-state index in [0.717, 1.165) is 24.3 Å². The van der Waals surface area contributed by atoms with Gasteiger partial charge in [-0.1, -0.05) is 18.2 Å². The minimum atomic E-state index is -4.75. The lowest BCUT2D eigenvalue weighted by molar-refractivity contribution is -0.387. The Balaban J connectivity index is 2.42. The van der Waals surface area contributed by atoms with Gasteiger partial charge in [0.15, 0.2) is 4.90 Å². The lowest BCUT2D eigenvalue weighted by atomic mass is 10.3. The van der Waals surface area contributed by atoms with Crippen LogP contribution in [0.15, 0.2) is 47.4 Å². The molecule has 0 saturated heterocycles. The predicted octanol–water partition coefficient (Wildman–Crippen LogP) is 2.81. The van der Waals surface area contributed by atoms with Crippen molar-refractivity contribution in [3.63, 3.8) is 0 Å². The van der Waals surface area contributed by atoms with Crippen molar-refractivity contribution in [2.24, 2.45) is 0 Å². The van der Waals surface area contributed by atoms with Gasteiger partial charge in [0.05, 0.1) is 4.92 Å². The second-order valence-electron chi connectivity index (χ2n) is 4.24. The predicted molar refractivity (Wildman–Crippen MR) is 73.1 cm³/mol. The largest absolute Gasteiger partial charge is 0.433 e. The summed E-state index contributed by atoms with van der Waals surface area (Å²) in [5, 5.41) is 10.9. The summed E-state index contributed by atoms with van der Waals surface area (Å²) in [6.07, 6.45) is -4.75. The molecule has 23 heavy (non-hydrogen) atoms. The Bertz CT molecular complexity index is 853. The topological polar surface area (TPSA) is 102 Å². The highest BCUT2D eigenvalue weighted by Crippen LogP contribution is 2.29. The summed E-state index contributed by atoms with van der Waals surface area (Å²) < 4.78 is 63.8. The first kappa shape index (κ1) is 16.7. The number of rotatable bonds is 4. The number of para-hydroxylation sites is 1. The van der Waals surface area contributed by atoms with Gasteiger partial charge in [-0.15, -0.1) is 0 Å². The molecule has 0 radical (unpaired) electrons. The van der Waals surface area contributed by atoms with Crippen LogP contribution in [0.3, 0.4) is 0 Å². The second kappa shape index (κ2) is 5.83. The molecule has 1 N–H and O–H groups in total. The fourth-order valence-electron chi connectivity index (χ4n) is 1.68.